The van der Waals surface area contributed by atoms with Crippen LogP contribution in [0.15, 0.2) is 24.3 Å². The summed E-state index contributed by atoms with van der Waals surface area (Å²) in [5, 5.41) is 3.53. The lowest BCUT2D eigenvalue weighted by atomic mass is 10.0. The number of para-hydroxylation sites is 2. The Morgan fingerprint density at radius 2 is 2.00 bits per heavy atom. The molecule has 17 heavy (non-hydrogen) atoms. The summed E-state index contributed by atoms with van der Waals surface area (Å²) in [4.78, 5) is 2.61. The molecule has 0 saturated heterocycles. The molecule has 0 bridgehead atoms. The molecule has 0 aromatic heterocycles. The third kappa shape index (κ3) is 2.13. The monoisotopic (exact) mass is 230 g/mol. The molecule has 0 spiro atoms. The Kier molecular flexibility index (Phi) is 2.96. The zero-order valence-electron chi connectivity index (χ0n) is 10.7. The van der Waals surface area contributed by atoms with Crippen molar-refractivity contribution in [2.45, 2.75) is 38.6 Å². The van der Waals surface area contributed by atoms with Gasteiger partial charge in [-0.15, -0.1) is 0 Å². The molecule has 1 N–H and O–H groups in total. The molecule has 1 aromatic carbocycles. The summed E-state index contributed by atoms with van der Waals surface area (Å²) in [6, 6.07) is 9.34. The number of rotatable bonds is 2. The Balaban J connectivity index is 1.81. The van der Waals surface area contributed by atoms with Gasteiger partial charge in [0.25, 0.3) is 0 Å². The second-order valence-electron chi connectivity index (χ2n) is 5.55. The van der Waals surface area contributed by atoms with Crippen LogP contribution < -0.4 is 10.2 Å². The van der Waals surface area contributed by atoms with E-state index in [1.165, 1.54) is 43.6 Å². The fraction of sp³-hybridized carbons (Fsp3) is 0.600. The van der Waals surface area contributed by atoms with E-state index in [-0.39, 0.29) is 0 Å². The van der Waals surface area contributed by atoms with Gasteiger partial charge in [-0.1, -0.05) is 25.0 Å². The van der Waals surface area contributed by atoms with Crippen LogP contribution in [0.25, 0.3) is 0 Å². The normalized spacial score (nSPS) is 24.5. The molecule has 3 rings (SSSR count). The highest BCUT2D eigenvalue weighted by Gasteiger charge is 2.26. The van der Waals surface area contributed by atoms with E-state index in [2.05, 4.69) is 41.4 Å². The fourth-order valence-electron chi connectivity index (χ4n) is 3.23. The smallest absolute Gasteiger partial charge is 0.0605 e. The van der Waals surface area contributed by atoms with Crippen LogP contribution in [-0.4, -0.2) is 19.1 Å². The molecular weight excluding hydrogens is 208 g/mol. The van der Waals surface area contributed by atoms with Crippen LogP contribution in [0.2, 0.25) is 0 Å². The van der Waals surface area contributed by atoms with E-state index >= 15 is 0 Å². The minimum absolute atomic E-state index is 0.616. The summed E-state index contributed by atoms with van der Waals surface area (Å²) in [5.41, 5.74) is 2.71. The highest BCUT2D eigenvalue weighted by Crippen LogP contribution is 2.34. The minimum Gasteiger partial charge on any atom is -0.381 e. The van der Waals surface area contributed by atoms with Gasteiger partial charge in [-0.05, 0) is 37.8 Å². The summed E-state index contributed by atoms with van der Waals surface area (Å²) >= 11 is 0. The first kappa shape index (κ1) is 10.9. The van der Waals surface area contributed by atoms with Gasteiger partial charge in [0.2, 0.25) is 0 Å². The maximum atomic E-state index is 3.53. The molecule has 1 unspecified atom stereocenters. The maximum absolute atomic E-state index is 3.53. The quantitative estimate of drug-likeness (QED) is 0.836. The van der Waals surface area contributed by atoms with Crippen molar-refractivity contribution in [1.29, 1.82) is 0 Å². The Labute approximate surface area is 104 Å². The average Bonchev–Trinajstić information content (AvgIpc) is 2.86. The minimum atomic E-state index is 0.616. The first-order chi connectivity index (χ1) is 8.34. The van der Waals surface area contributed by atoms with Crippen LogP contribution in [-0.2, 0) is 0 Å². The van der Waals surface area contributed by atoms with E-state index in [9.17, 15) is 0 Å². The van der Waals surface area contributed by atoms with E-state index < -0.39 is 0 Å². The van der Waals surface area contributed by atoms with Crippen molar-refractivity contribution in [2.24, 2.45) is 5.92 Å². The topological polar surface area (TPSA) is 15.3 Å². The lowest BCUT2D eigenvalue weighted by Gasteiger charge is -2.39. The van der Waals surface area contributed by atoms with Gasteiger partial charge in [0, 0.05) is 19.1 Å². The molecule has 1 aliphatic carbocycles. The standard InChI is InChI=1S/C15H22N2/c1-12-10-16-14-8-4-5-9-15(14)17(12)11-13-6-2-3-7-13/h4-5,8-9,12-13,16H,2-3,6-7,10-11H2,1H3. The Morgan fingerprint density at radius 3 is 2.82 bits per heavy atom. The Bertz CT molecular complexity index is 382. The third-order valence-electron chi connectivity index (χ3n) is 4.26. The third-order valence-corrected chi connectivity index (χ3v) is 4.26. The van der Waals surface area contributed by atoms with Gasteiger partial charge in [0.05, 0.1) is 11.4 Å². The number of nitrogens with one attached hydrogen (secondary N) is 1. The summed E-state index contributed by atoms with van der Waals surface area (Å²) in [6.07, 6.45) is 5.73. The molecule has 1 fully saturated rings. The molecule has 2 heteroatoms. The van der Waals surface area contributed by atoms with Gasteiger partial charge in [-0.2, -0.15) is 0 Å². The maximum Gasteiger partial charge on any atom is 0.0605 e. The number of anilines is 2. The molecule has 1 atom stereocenters. The molecule has 2 nitrogen and oxygen atoms in total. The highest BCUT2D eigenvalue weighted by molar-refractivity contribution is 5.72. The van der Waals surface area contributed by atoms with Crippen LogP contribution in [0.1, 0.15) is 32.6 Å². The zero-order chi connectivity index (χ0) is 11.7. The summed E-state index contributed by atoms with van der Waals surface area (Å²) in [7, 11) is 0. The molecule has 2 aliphatic rings. The second kappa shape index (κ2) is 4.59. The van der Waals surface area contributed by atoms with Gasteiger partial charge in [0.1, 0.15) is 0 Å². The van der Waals surface area contributed by atoms with Gasteiger partial charge < -0.3 is 10.2 Å². The number of fused-ring (bicyclic) bond motifs is 1. The summed E-state index contributed by atoms with van der Waals surface area (Å²) in [6.45, 7) is 4.65. The largest absolute Gasteiger partial charge is 0.381 e. The van der Waals surface area contributed by atoms with Gasteiger partial charge in [-0.25, -0.2) is 0 Å². The molecule has 1 aromatic rings. The molecule has 0 amide bonds. The fourth-order valence-corrected chi connectivity index (χ4v) is 3.23. The van der Waals surface area contributed by atoms with Crippen LogP contribution in [0, 0.1) is 5.92 Å². The molecule has 1 saturated carbocycles. The number of benzene rings is 1. The van der Waals surface area contributed by atoms with E-state index in [1.807, 2.05) is 0 Å². The van der Waals surface area contributed by atoms with Gasteiger partial charge >= 0.3 is 0 Å². The number of hydrogen-bond donors (Lipinski definition) is 1. The van der Waals surface area contributed by atoms with Crippen molar-refractivity contribution < 1.29 is 0 Å². The number of nitrogens with zero attached hydrogens (tertiary/aromatic N) is 1. The molecule has 1 heterocycles. The van der Waals surface area contributed by atoms with E-state index in [0.29, 0.717) is 6.04 Å². The van der Waals surface area contributed by atoms with Crippen molar-refractivity contribution in [3.8, 4) is 0 Å². The van der Waals surface area contributed by atoms with Gasteiger partial charge in [-0.3, -0.25) is 0 Å². The van der Waals surface area contributed by atoms with Gasteiger partial charge in [0.15, 0.2) is 0 Å². The zero-order valence-corrected chi connectivity index (χ0v) is 10.7. The molecular formula is C15H22N2. The summed E-state index contributed by atoms with van der Waals surface area (Å²) < 4.78 is 0. The van der Waals surface area contributed by atoms with E-state index in [1.54, 1.807) is 0 Å². The second-order valence-corrected chi connectivity index (χ2v) is 5.55. The summed E-state index contributed by atoms with van der Waals surface area (Å²) in [5.74, 6) is 0.920. The van der Waals surface area contributed by atoms with E-state index in [4.69, 9.17) is 0 Å². The predicted octanol–water partition coefficient (Wildman–Crippen LogP) is 3.50. The van der Waals surface area contributed by atoms with Crippen LogP contribution in [0.5, 0.6) is 0 Å². The molecule has 1 aliphatic heterocycles. The Hall–Kier alpha value is -1.18. The van der Waals surface area contributed by atoms with Crippen molar-refractivity contribution in [3.05, 3.63) is 24.3 Å². The average molecular weight is 230 g/mol. The molecule has 92 valence electrons. The van der Waals surface area contributed by atoms with Crippen molar-refractivity contribution in [1.82, 2.24) is 0 Å². The lowest BCUT2D eigenvalue weighted by molar-refractivity contribution is 0.499. The predicted molar refractivity (Wildman–Crippen MR) is 73.7 cm³/mol. The Morgan fingerprint density at radius 1 is 1.24 bits per heavy atom. The first-order valence-electron chi connectivity index (χ1n) is 6.94. The van der Waals surface area contributed by atoms with Crippen LogP contribution in [0.3, 0.4) is 0 Å². The van der Waals surface area contributed by atoms with Crippen molar-refractivity contribution >= 4 is 11.4 Å². The lowest BCUT2D eigenvalue weighted by Crippen LogP contribution is -2.44. The SMILES string of the molecule is CC1CNc2ccccc2N1CC1CCCC1. The molecule has 0 radical (unpaired) electrons. The van der Waals surface area contributed by atoms with Crippen molar-refractivity contribution in [2.75, 3.05) is 23.3 Å². The van der Waals surface area contributed by atoms with Crippen LogP contribution in [0.4, 0.5) is 11.4 Å². The number of hydrogen-bond acceptors (Lipinski definition) is 2. The first-order valence-corrected chi connectivity index (χ1v) is 6.94. The highest BCUT2D eigenvalue weighted by atomic mass is 15.2. The van der Waals surface area contributed by atoms with Crippen LogP contribution >= 0.6 is 0 Å². The van der Waals surface area contributed by atoms with E-state index in [0.717, 1.165) is 12.5 Å². The van der Waals surface area contributed by atoms with Crippen molar-refractivity contribution in [3.63, 3.8) is 0 Å².